The lowest BCUT2D eigenvalue weighted by Gasteiger charge is -2.05. The van der Waals surface area contributed by atoms with Gasteiger partial charge in [-0.2, -0.15) is 0 Å². The number of hydrogen-bond acceptors (Lipinski definition) is 2. The van der Waals surface area contributed by atoms with Crippen molar-refractivity contribution in [1.82, 2.24) is 4.98 Å². The molecule has 0 saturated heterocycles. The molecule has 1 heterocycles. The van der Waals surface area contributed by atoms with Crippen LogP contribution in [-0.2, 0) is 6.54 Å². The molecular weight excluding hydrogens is 246 g/mol. The summed E-state index contributed by atoms with van der Waals surface area (Å²) >= 11 is 2.86. The minimum atomic E-state index is -2.81. The number of aromatic nitrogens is 1. The molecule has 0 spiro atoms. The van der Waals surface area contributed by atoms with Crippen molar-refractivity contribution in [3.63, 3.8) is 0 Å². The van der Waals surface area contributed by atoms with Gasteiger partial charge in [-0.15, -0.1) is 0 Å². The van der Waals surface area contributed by atoms with E-state index in [4.69, 9.17) is 5.73 Å². The maximum absolute atomic E-state index is 12.4. The number of rotatable bonds is 2. The Balaban J connectivity index is 3.42. The SMILES string of the molecule is NCc1[nH]cc(Br)c(=O)c1C(F)F. The van der Waals surface area contributed by atoms with Gasteiger partial charge < -0.3 is 10.7 Å². The summed E-state index contributed by atoms with van der Waals surface area (Å²) < 4.78 is 24.8. The number of H-pyrrole nitrogens is 1. The average molecular weight is 253 g/mol. The van der Waals surface area contributed by atoms with Crippen LogP contribution in [0.3, 0.4) is 0 Å². The summed E-state index contributed by atoms with van der Waals surface area (Å²) in [5, 5.41) is 0. The smallest absolute Gasteiger partial charge is 0.269 e. The van der Waals surface area contributed by atoms with Gasteiger partial charge >= 0.3 is 0 Å². The second kappa shape index (κ2) is 3.97. The van der Waals surface area contributed by atoms with E-state index in [0.717, 1.165) is 0 Å². The Hall–Kier alpha value is -0.750. The van der Waals surface area contributed by atoms with E-state index in [1.807, 2.05) is 0 Å². The third kappa shape index (κ3) is 1.94. The Bertz CT molecular complexity index is 364. The Labute approximate surface area is 81.1 Å². The molecular formula is C7H7BrF2N2O. The van der Waals surface area contributed by atoms with Gasteiger partial charge in [0.25, 0.3) is 6.43 Å². The van der Waals surface area contributed by atoms with Crippen LogP contribution in [0.2, 0.25) is 0 Å². The molecule has 0 amide bonds. The van der Waals surface area contributed by atoms with E-state index in [1.54, 1.807) is 0 Å². The van der Waals surface area contributed by atoms with Crippen molar-refractivity contribution in [2.45, 2.75) is 13.0 Å². The molecule has 1 rings (SSSR count). The summed E-state index contributed by atoms with van der Waals surface area (Å²) in [4.78, 5) is 13.7. The van der Waals surface area contributed by atoms with Crippen LogP contribution in [0.1, 0.15) is 17.7 Å². The van der Waals surface area contributed by atoms with Crippen LogP contribution in [0.15, 0.2) is 15.5 Å². The molecule has 0 fully saturated rings. The first-order chi connectivity index (χ1) is 6.07. The second-order valence-electron chi connectivity index (χ2n) is 2.36. The van der Waals surface area contributed by atoms with E-state index < -0.39 is 17.4 Å². The number of nitrogens with two attached hydrogens (primary N) is 1. The fraction of sp³-hybridized carbons (Fsp3) is 0.286. The Morgan fingerprint density at radius 1 is 1.62 bits per heavy atom. The fourth-order valence-electron chi connectivity index (χ4n) is 0.959. The molecule has 0 aromatic carbocycles. The van der Waals surface area contributed by atoms with Gasteiger partial charge in [-0.3, -0.25) is 4.79 Å². The molecule has 1 aromatic heterocycles. The number of halogens is 3. The summed E-state index contributed by atoms with van der Waals surface area (Å²) in [6, 6.07) is 0. The zero-order valence-electron chi connectivity index (χ0n) is 6.48. The first kappa shape index (κ1) is 10.3. The predicted octanol–water partition coefficient (Wildman–Crippen LogP) is 1.53. The van der Waals surface area contributed by atoms with Crippen LogP contribution >= 0.6 is 15.9 Å². The highest BCUT2D eigenvalue weighted by molar-refractivity contribution is 9.10. The van der Waals surface area contributed by atoms with Crippen molar-refractivity contribution in [3.05, 3.63) is 32.2 Å². The number of aromatic amines is 1. The maximum Gasteiger partial charge on any atom is 0.269 e. The van der Waals surface area contributed by atoms with Gasteiger partial charge in [0.1, 0.15) is 0 Å². The number of nitrogens with one attached hydrogen (secondary N) is 1. The van der Waals surface area contributed by atoms with Crippen LogP contribution < -0.4 is 11.2 Å². The highest BCUT2D eigenvalue weighted by Gasteiger charge is 2.18. The van der Waals surface area contributed by atoms with Crippen molar-refractivity contribution in [3.8, 4) is 0 Å². The highest BCUT2D eigenvalue weighted by atomic mass is 79.9. The molecule has 3 N–H and O–H groups in total. The Morgan fingerprint density at radius 3 is 2.69 bits per heavy atom. The third-order valence-corrected chi connectivity index (χ3v) is 2.17. The summed E-state index contributed by atoms with van der Waals surface area (Å²) in [6.45, 7) is -0.109. The number of hydrogen-bond donors (Lipinski definition) is 2. The van der Waals surface area contributed by atoms with Crippen molar-refractivity contribution in [2.24, 2.45) is 5.73 Å². The van der Waals surface area contributed by atoms with Crippen molar-refractivity contribution < 1.29 is 8.78 Å². The molecule has 0 aliphatic heterocycles. The molecule has 13 heavy (non-hydrogen) atoms. The van der Waals surface area contributed by atoms with Crippen LogP contribution in [0.4, 0.5) is 8.78 Å². The molecule has 1 aromatic rings. The number of alkyl halides is 2. The maximum atomic E-state index is 12.4. The molecule has 0 radical (unpaired) electrons. The molecule has 0 aliphatic carbocycles. The van der Waals surface area contributed by atoms with Gasteiger partial charge in [-0.05, 0) is 15.9 Å². The lowest BCUT2D eigenvalue weighted by Crippen LogP contribution is -2.17. The number of pyridine rings is 1. The summed E-state index contributed by atoms with van der Waals surface area (Å²) in [5.41, 5.74) is 3.99. The molecule has 6 heteroatoms. The lowest BCUT2D eigenvalue weighted by atomic mass is 10.2. The first-order valence-corrected chi connectivity index (χ1v) is 4.25. The monoisotopic (exact) mass is 252 g/mol. The molecule has 3 nitrogen and oxygen atoms in total. The molecule has 0 aliphatic rings. The molecule has 0 bridgehead atoms. The van der Waals surface area contributed by atoms with Crippen molar-refractivity contribution in [1.29, 1.82) is 0 Å². The van der Waals surface area contributed by atoms with E-state index in [-0.39, 0.29) is 16.7 Å². The van der Waals surface area contributed by atoms with Gasteiger partial charge in [-0.25, -0.2) is 8.78 Å². The quantitative estimate of drug-likeness (QED) is 0.839. The van der Waals surface area contributed by atoms with E-state index in [2.05, 4.69) is 20.9 Å². The van der Waals surface area contributed by atoms with E-state index in [0.29, 0.717) is 0 Å². The van der Waals surface area contributed by atoms with Crippen LogP contribution in [0.5, 0.6) is 0 Å². The fourth-order valence-corrected chi connectivity index (χ4v) is 1.29. The van der Waals surface area contributed by atoms with Crippen molar-refractivity contribution >= 4 is 15.9 Å². The van der Waals surface area contributed by atoms with Crippen LogP contribution in [-0.4, -0.2) is 4.98 Å². The zero-order chi connectivity index (χ0) is 10.0. The zero-order valence-corrected chi connectivity index (χ0v) is 8.07. The highest BCUT2D eigenvalue weighted by Crippen LogP contribution is 2.19. The van der Waals surface area contributed by atoms with Crippen LogP contribution in [0.25, 0.3) is 0 Å². The van der Waals surface area contributed by atoms with Gasteiger partial charge in [0.15, 0.2) is 0 Å². The van der Waals surface area contributed by atoms with Crippen molar-refractivity contribution in [2.75, 3.05) is 0 Å². The standard InChI is InChI=1S/C7H7BrF2N2O/c8-3-2-12-4(1-11)5(6(3)13)7(9)10/h2,7H,1,11H2,(H,12,13). The van der Waals surface area contributed by atoms with Gasteiger partial charge in [0, 0.05) is 18.4 Å². The molecule has 0 atom stereocenters. The molecule has 0 unspecified atom stereocenters. The second-order valence-corrected chi connectivity index (χ2v) is 3.22. The Morgan fingerprint density at radius 2 is 2.23 bits per heavy atom. The summed E-state index contributed by atoms with van der Waals surface area (Å²) in [6.07, 6.45) is -1.50. The van der Waals surface area contributed by atoms with Crippen LogP contribution in [0, 0.1) is 0 Å². The first-order valence-electron chi connectivity index (χ1n) is 3.46. The van der Waals surface area contributed by atoms with E-state index >= 15 is 0 Å². The van der Waals surface area contributed by atoms with E-state index in [9.17, 15) is 13.6 Å². The molecule has 72 valence electrons. The van der Waals surface area contributed by atoms with Gasteiger partial charge in [0.05, 0.1) is 10.0 Å². The predicted molar refractivity (Wildman–Crippen MR) is 47.6 cm³/mol. The third-order valence-electron chi connectivity index (χ3n) is 1.58. The molecule has 0 saturated carbocycles. The summed E-state index contributed by atoms with van der Waals surface area (Å²) in [7, 11) is 0. The topological polar surface area (TPSA) is 58.9 Å². The van der Waals surface area contributed by atoms with Gasteiger partial charge in [-0.1, -0.05) is 0 Å². The Kier molecular flexibility index (Phi) is 3.16. The van der Waals surface area contributed by atoms with E-state index in [1.165, 1.54) is 6.20 Å². The largest absolute Gasteiger partial charge is 0.362 e. The normalized spacial score (nSPS) is 10.8. The summed E-state index contributed by atoms with van der Waals surface area (Å²) in [5.74, 6) is 0. The lowest BCUT2D eigenvalue weighted by molar-refractivity contribution is 0.148. The minimum absolute atomic E-state index is 0.0724. The minimum Gasteiger partial charge on any atom is -0.362 e. The van der Waals surface area contributed by atoms with Gasteiger partial charge in [0.2, 0.25) is 5.43 Å². The average Bonchev–Trinajstić information content (AvgIpc) is 2.08.